The van der Waals surface area contributed by atoms with Crippen molar-refractivity contribution in [2.24, 2.45) is 5.92 Å². The van der Waals surface area contributed by atoms with Crippen LogP contribution in [0.4, 0.5) is 0 Å². The fourth-order valence-corrected chi connectivity index (χ4v) is 3.67. The highest BCUT2D eigenvalue weighted by atomic mass is 32.2. The highest BCUT2D eigenvalue weighted by Crippen LogP contribution is 2.36. The summed E-state index contributed by atoms with van der Waals surface area (Å²) >= 11 is 1.37. The van der Waals surface area contributed by atoms with Crippen molar-refractivity contribution in [3.63, 3.8) is 0 Å². The average Bonchev–Trinajstić information content (AvgIpc) is 2.79. The molecule has 0 saturated carbocycles. The zero-order valence-electron chi connectivity index (χ0n) is 13.9. The maximum atomic E-state index is 12.9. The standard InChI is InChI=1S/C17H20N2O4S/c1-10(2)9-19-16(23)12(8-13(20)21)14(17(19)24-3)15(22)11-4-6-18-7-5-11/h4-7,10,17H,8-9H2,1-3H3,(H,20,21). The summed E-state index contributed by atoms with van der Waals surface area (Å²) in [6.07, 6.45) is 4.37. The Balaban J connectivity index is 2.50. The quantitative estimate of drug-likeness (QED) is 0.760. The van der Waals surface area contributed by atoms with Crippen molar-refractivity contribution in [1.82, 2.24) is 9.88 Å². The van der Waals surface area contributed by atoms with E-state index in [0.717, 1.165) is 0 Å². The molecule has 0 aliphatic carbocycles. The molecule has 0 bridgehead atoms. The number of rotatable bonds is 7. The van der Waals surface area contributed by atoms with E-state index in [1.165, 1.54) is 24.2 Å². The number of nitrogens with zero attached hydrogens (tertiary/aromatic N) is 2. The van der Waals surface area contributed by atoms with Gasteiger partial charge in [-0.25, -0.2) is 0 Å². The van der Waals surface area contributed by atoms with Crippen LogP contribution >= 0.6 is 11.8 Å². The lowest BCUT2D eigenvalue weighted by Gasteiger charge is -2.27. The van der Waals surface area contributed by atoms with Crippen molar-refractivity contribution in [2.45, 2.75) is 25.6 Å². The maximum absolute atomic E-state index is 12.9. The lowest BCUT2D eigenvalue weighted by atomic mass is 9.99. The molecular weight excluding hydrogens is 328 g/mol. The minimum Gasteiger partial charge on any atom is -0.481 e. The maximum Gasteiger partial charge on any atom is 0.308 e. The van der Waals surface area contributed by atoms with Gasteiger partial charge in [0.25, 0.3) is 5.91 Å². The van der Waals surface area contributed by atoms with Crippen LogP contribution in [0.1, 0.15) is 30.6 Å². The Morgan fingerprint density at radius 3 is 2.46 bits per heavy atom. The van der Waals surface area contributed by atoms with Gasteiger partial charge in [-0.2, -0.15) is 0 Å². The van der Waals surface area contributed by atoms with E-state index in [0.29, 0.717) is 12.1 Å². The summed E-state index contributed by atoms with van der Waals surface area (Å²) in [7, 11) is 0. The normalized spacial score (nSPS) is 17.8. The van der Waals surface area contributed by atoms with E-state index < -0.39 is 17.8 Å². The summed E-state index contributed by atoms with van der Waals surface area (Å²) in [5.74, 6) is -1.58. The first kappa shape index (κ1) is 18.2. The van der Waals surface area contributed by atoms with Crippen LogP contribution in [0.15, 0.2) is 35.7 Å². The molecular formula is C17H20N2O4S. The van der Waals surface area contributed by atoms with E-state index in [1.807, 2.05) is 20.1 Å². The molecule has 1 unspecified atom stereocenters. The third-order valence-corrected chi connectivity index (χ3v) is 4.61. The van der Waals surface area contributed by atoms with Crippen molar-refractivity contribution < 1.29 is 19.5 Å². The molecule has 1 aromatic rings. The minimum absolute atomic E-state index is 0.0873. The molecule has 1 aliphatic heterocycles. The Morgan fingerprint density at radius 1 is 1.33 bits per heavy atom. The van der Waals surface area contributed by atoms with Gasteiger partial charge in [-0.1, -0.05) is 13.8 Å². The van der Waals surface area contributed by atoms with Gasteiger partial charge in [-0.15, -0.1) is 11.8 Å². The number of carbonyl (C=O) groups is 3. The Morgan fingerprint density at radius 2 is 1.96 bits per heavy atom. The zero-order chi connectivity index (χ0) is 17.9. The smallest absolute Gasteiger partial charge is 0.308 e. The minimum atomic E-state index is -1.12. The molecule has 0 saturated heterocycles. The molecule has 6 nitrogen and oxygen atoms in total. The fourth-order valence-electron chi connectivity index (χ4n) is 2.75. The molecule has 24 heavy (non-hydrogen) atoms. The van der Waals surface area contributed by atoms with Crippen molar-refractivity contribution in [3.8, 4) is 0 Å². The van der Waals surface area contributed by atoms with Crippen molar-refractivity contribution in [2.75, 3.05) is 12.8 Å². The lowest BCUT2D eigenvalue weighted by Crippen LogP contribution is -2.37. The number of carboxylic acids is 1. The Hall–Kier alpha value is -2.15. The van der Waals surface area contributed by atoms with Gasteiger partial charge in [-0.3, -0.25) is 19.4 Å². The van der Waals surface area contributed by atoms with Crippen LogP contribution in [-0.4, -0.2) is 50.8 Å². The molecule has 0 spiro atoms. The van der Waals surface area contributed by atoms with Crippen molar-refractivity contribution >= 4 is 29.4 Å². The van der Waals surface area contributed by atoms with E-state index in [4.69, 9.17) is 5.11 Å². The summed E-state index contributed by atoms with van der Waals surface area (Å²) in [6.45, 7) is 4.43. The molecule has 7 heteroatoms. The largest absolute Gasteiger partial charge is 0.481 e. The van der Waals surface area contributed by atoms with E-state index >= 15 is 0 Å². The van der Waals surface area contributed by atoms with Gasteiger partial charge in [0.2, 0.25) is 0 Å². The predicted octanol–water partition coefficient (Wildman–Crippen LogP) is 2.22. The molecule has 1 atom stereocenters. The summed E-state index contributed by atoms with van der Waals surface area (Å²) in [4.78, 5) is 42.3. The van der Waals surface area contributed by atoms with Gasteiger partial charge in [-0.05, 0) is 24.3 Å². The summed E-state index contributed by atoms with van der Waals surface area (Å²) in [5, 5.41) is 8.69. The molecule has 1 N–H and O–H groups in total. The number of hydrogen-bond donors (Lipinski definition) is 1. The van der Waals surface area contributed by atoms with Gasteiger partial charge in [0.05, 0.1) is 6.42 Å². The van der Waals surface area contributed by atoms with Gasteiger partial charge < -0.3 is 10.0 Å². The zero-order valence-corrected chi connectivity index (χ0v) is 14.7. The monoisotopic (exact) mass is 348 g/mol. The number of carbonyl (C=O) groups excluding carboxylic acids is 2. The van der Waals surface area contributed by atoms with Crippen LogP contribution in [0.3, 0.4) is 0 Å². The Kier molecular flexibility index (Phi) is 5.77. The number of aliphatic carboxylic acids is 1. The van der Waals surface area contributed by atoms with Crippen LogP contribution < -0.4 is 0 Å². The molecule has 1 aliphatic rings. The topological polar surface area (TPSA) is 87.6 Å². The van der Waals surface area contributed by atoms with E-state index in [1.54, 1.807) is 17.0 Å². The summed E-state index contributed by atoms with van der Waals surface area (Å²) in [5.41, 5.74) is 0.771. The SMILES string of the molecule is CSC1C(C(=O)c2ccncc2)=C(CC(=O)O)C(=O)N1CC(C)C. The van der Waals surface area contributed by atoms with Crippen molar-refractivity contribution in [3.05, 3.63) is 41.2 Å². The van der Waals surface area contributed by atoms with Gasteiger partial charge >= 0.3 is 5.97 Å². The second kappa shape index (κ2) is 7.61. The second-order valence-corrected chi connectivity index (χ2v) is 6.89. The third kappa shape index (κ3) is 3.67. The number of pyridine rings is 1. The molecule has 1 aromatic heterocycles. The highest BCUT2D eigenvalue weighted by molar-refractivity contribution is 7.99. The van der Waals surface area contributed by atoms with Crippen LogP contribution in [-0.2, 0) is 9.59 Å². The number of thioether (sulfide) groups is 1. The molecule has 2 rings (SSSR count). The highest BCUT2D eigenvalue weighted by Gasteiger charge is 2.42. The first-order chi connectivity index (χ1) is 11.4. The van der Waals surface area contributed by atoms with E-state index in [-0.39, 0.29) is 28.8 Å². The van der Waals surface area contributed by atoms with Crippen LogP contribution in [0.5, 0.6) is 0 Å². The number of Topliss-reactive ketones (excluding diaryl/α,β-unsaturated/α-hetero) is 1. The predicted molar refractivity (Wildman–Crippen MR) is 91.7 cm³/mol. The van der Waals surface area contributed by atoms with Crippen LogP contribution in [0.2, 0.25) is 0 Å². The number of amides is 1. The average molecular weight is 348 g/mol. The molecule has 0 fully saturated rings. The first-order valence-corrected chi connectivity index (χ1v) is 8.89. The first-order valence-electron chi connectivity index (χ1n) is 7.60. The summed E-state index contributed by atoms with van der Waals surface area (Å²) in [6, 6.07) is 3.14. The molecule has 2 heterocycles. The number of aromatic nitrogens is 1. The third-order valence-electron chi connectivity index (χ3n) is 3.67. The van der Waals surface area contributed by atoms with Gasteiger partial charge in [0, 0.05) is 35.6 Å². The van der Waals surface area contributed by atoms with Crippen LogP contribution in [0, 0.1) is 5.92 Å². The number of carboxylic acid groups (broad SMARTS) is 1. The Bertz CT molecular complexity index is 685. The number of hydrogen-bond acceptors (Lipinski definition) is 5. The molecule has 0 aromatic carbocycles. The fraction of sp³-hybridized carbons (Fsp3) is 0.412. The van der Waals surface area contributed by atoms with Crippen LogP contribution in [0.25, 0.3) is 0 Å². The lowest BCUT2D eigenvalue weighted by molar-refractivity contribution is -0.137. The van der Waals surface area contributed by atoms with E-state index in [2.05, 4.69) is 4.98 Å². The molecule has 0 radical (unpaired) electrons. The van der Waals surface area contributed by atoms with Crippen molar-refractivity contribution in [1.29, 1.82) is 0 Å². The molecule has 1 amide bonds. The second-order valence-electron chi connectivity index (χ2n) is 5.97. The summed E-state index contributed by atoms with van der Waals surface area (Å²) < 4.78 is 0. The van der Waals surface area contributed by atoms with Gasteiger partial charge in [0.15, 0.2) is 5.78 Å². The number of ketones is 1. The van der Waals surface area contributed by atoms with E-state index in [9.17, 15) is 14.4 Å². The Labute approximate surface area is 144 Å². The molecule has 128 valence electrons. The van der Waals surface area contributed by atoms with Gasteiger partial charge in [0.1, 0.15) is 5.37 Å².